The van der Waals surface area contributed by atoms with Crippen molar-refractivity contribution >= 4 is 0 Å². The number of methoxy groups -OCH3 is 1. The minimum Gasteiger partial charge on any atom is -0.497 e. The summed E-state index contributed by atoms with van der Waals surface area (Å²) in [6.45, 7) is 4.36. The molecule has 2 rings (SSSR count). The first-order valence-electron chi connectivity index (χ1n) is 7.75. The Bertz CT molecular complexity index is 384. The molecule has 3 nitrogen and oxygen atoms in total. The molecule has 0 amide bonds. The second-order valence-electron chi connectivity index (χ2n) is 6.00. The maximum absolute atomic E-state index is 5.19. The monoisotopic (exact) mass is 276 g/mol. The first-order chi connectivity index (χ1) is 9.69. The highest BCUT2D eigenvalue weighted by molar-refractivity contribution is 5.27. The van der Waals surface area contributed by atoms with Gasteiger partial charge in [0, 0.05) is 25.2 Å². The molecule has 1 fully saturated rings. The quantitative estimate of drug-likeness (QED) is 0.828. The zero-order valence-electron chi connectivity index (χ0n) is 13.1. The van der Waals surface area contributed by atoms with Crippen molar-refractivity contribution in [2.24, 2.45) is 0 Å². The Morgan fingerprint density at radius 1 is 1.25 bits per heavy atom. The van der Waals surface area contributed by atoms with Crippen molar-refractivity contribution in [1.29, 1.82) is 0 Å². The van der Waals surface area contributed by atoms with Gasteiger partial charge in [0.15, 0.2) is 0 Å². The van der Waals surface area contributed by atoms with Crippen molar-refractivity contribution in [2.75, 3.05) is 20.7 Å². The summed E-state index contributed by atoms with van der Waals surface area (Å²) in [7, 11) is 3.91. The Hall–Kier alpha value is -1.06. The van der Waals surface area contributed by atoms with Crippen LogP contribution in [0.4, 0.5) is 0 Å². The molecule has 1 unspecified atom stereocenters. The molecule has 3 heteroatoms. The molecular weight excluding hydrogens is 248 g/mol. The van der Waals surface area contributed by atoms with Crippen LogP contribution >= 0.6 is 0 Å². The number of benzene rings is 1. The second kappa shape index (κ2) is 7.65. The Morgan fingerprint density at radius 3 is 2.50 bits per heavy atom. The summed E-state index contributed by atoms with van der Waals surface area (Å²) in [5.41, 5.74) is 1.33. The fourth-order valence-corrected chi connectivity index (χ4v) is 2.80. The van der Waals surface area contributed by atoms with Crippen molar-refractivity contribution in [1.82, 2.24) is 10.2 Å². The number of nitrogens with zero attached hydrogens (tertiary/aromatic N) is 1. The predicted molar refractivity (Wildman–Crippen MR) is 84.2 cm³/mol. The largest absolute Gasteiger partial charge is 0.497 e. The lowest BCUT2D eigenvalue weighted by molar-refractivity contribution is 0.237. The van der Waals surface area contributed by atoms with Gasteiger partial charge in [0.2, 0.25) is 0 Å². The third-order valence-corrected chi connectivity index (χ3v) is 4.40. The van der Waals surface area contributed by atoms with Gasteiger partial charge in [-0.05, 0) is 44.5 Å². The van der Waals surface area contributed by atoms with Gasteiger partial charge in [0.05, 0.1) is 7.11 Å². The lowest BCUT2D eigenvalue weighted by Crippen LogP contribution is -2.40. The van der Waals surface area contributed by atoms with E-state index in [0.29, 0.717) is 6.04 Å². The van der Waals surface area contributed by atoms with Crippen LogP contribution < -0.4 is 10.1 Å². The van der Waals surface area contributed by atoms with Crippen molar-refractivity contribution in [3.05, 3.63) is 29.8 Å². The van der Waals surface area contributed by atoms with E-state index in [2.05, 4.69) is 36.3 Å². The number of likely N-dealkylation sites (N-methyl/N-ethyl adjacent to an activating group) is 1. The van der Waals surface area contributed by atoms with E-state index in [1.165, 1.54) is 31.2 Å². The Morgan fingerprint density at radius 2 is 1.90 bits per heavy atom. The van der Waals surface area contributed by atoms with Crippen LogP contribution in [0.5, 0.6) is 5.75 Å². The number of nitrogens with one attached hydrogen (secondary N) is 1. The number of ether oxygens (including phenoxy) is 1. The van der Waals surface area contributed by atoms with E-state index in [0.717, 1.165) is 24.9 Å². The zero-order valence-corrected chi connectivity index (χ0v) is 13.1. The highest BCUT2D eigenvalue weighted by atomic mass is 16.5. The molecule has 0 bridgehead atoms. The molecule has 0 saturated heterocycles. The lowest BCUT2D eigenvalue weighted by atomic mass is 10.1. The average molecular weight is 276 g/mol. The van der Waals surface area contributed by atoms with Crippen molar-refractivity contribution in [3.8, 4) is 5.75 Å². The fraction of sp³-hybridized carbons (Fsp3) is 0.647. The first-order valence-corrected chi connectivity index (χ1v) is 7.75. The Kier molecular flexibility index (Phi) is 5.86. The van der Waals surface area contributed by atoms with Gasteiger partial charge in [-0.25, -0.2) is 0 Å². The SMILES string of the molecule is COc1ccc(CN(C)C(C)CNC2CCCC2)cc1. The highest BCUT2D eigenvalue weighted by Gasteiger charge is 2.16. The van der Waals surface area contributed by atoms with Crippen molar-refractivity contribution < 1.29 is 4.74 Å². The van der Waals surface area contributed by atoms with Gasteiger partial charge in [-0.2, -0.15) is 0 Å². The minimum absolute atomic E-state index is 0.553. The number of hydrogen-bond donors (Lipinski definition) is 1. The molecule has 112 valence electrons. The number of rotatable bonds is 7. The Labute approximate surface area is 123 Å². The fourth-order valence-electron chi connectivity index (χ4n) is 2.80. The van der Waals surface area contributed by atoms with Crippen LogP contribution in [-0.2, 0) is 6.54 Å². The predicted octanol–water partition coefficient (Wildman–Crippen LogP) is 3.05. The third-order valence-electron chi connectivity index (χ3n) is 4.40. The van der Waals surface area contributed by atoms with Crippen LogP contribution in [0.2, 0.25) is 0 Å². The molecule has 1 aliphatic carbocycles. The second-order valence-corrected chi connectivity index (χ2v) is 6.00. The van der Waals surface area contributed by atoms with Crippen LogP contribution in [0, 0.1) is 0 Å². The molecule has 0 aliphatic heterocycles. The maximum atomic E-state index is 5.19. The molecule has 1 atom stereocenters. The summed E-state index contributed by atoms with van der Waals surface area (Å²) < 4.78 is 5.19. The molecule has 0 spiro atoms. The smallest absolute Gasteiger partial charge is 0.118 e. The van der Waals surface area contributed by atoms with E-state index in [1.54, 1.807) is 7.11 Å². The van der Waals surface area contributed by atoms with Crippen LogP contribution in [0.1, 0.15) is 38.2 Å². The van der Waals surface area contributed by atoms with Crippen molar-refractivity contribution in [3.63, 3.8) is 0 Å². The van der Waals surface area contributed by atoms with Gasteiger partial charge in [0.1, 0.15) is 5.75 Å². The molecular formula is C17H28N2O. The zero-order chi connectivity index (χ0) is 14.4. The van der Waals surface area contributed by atoms with Crippen LogP contribution in [-0.4, -0.2) is 37.7 Å². The molecule has 1 aromatic carbocycles. The summed E-state index contributed by atoms with van der Waals surface area (Å²) >= 11 is 0. The molecule has 0 radical (unpaired) electrons. The molecule has 1 aliphatic rings. The van der Waals surface area contributed by atoms with Gasteiger partial charge in [-0.1, -0.05) is 25.0 Å². The van der Waals surface area contributed by atoms with E-state index in [1.807, 2.05) is 12.1 Å². The molecule has 0 heterocycles. The summed E-state index contributed by atoms with van der Waals surface area (Å²) in [5.74, 6) is 0.923. The molecule has 20 heavy (non-hydrogen) atoms. The topological polar surface area (TPSA) is 24.5 Å². The van der Waals surface area contributed by atoms with E-state index in [-0.39, 0.29) is 0 Å². The van der Waals surface area contributed by atoms with Gasteiger partial charge < -0.3 is 10.1 Å². The highest BCUT2D eigenvalue weighted by Crippen LogP contribution is 2.18. The van der Waals surface area contributed by atoms with E-state index < -0.39 is 0 Å². The van der Waals surface area contributed by atoms with E-state index in [9.17, 15) is 0 Å². The number of hydrogen-bond acceptors (Lipinski definition) is 3. The standard InChI is InChI=1S/C17H28N2O/c1-14(12-18-16-6-4-5-7-16)19(2)13-15-8-10-17(20-3)11-9-15/h8-11,14,16,18H,4-7,12-13H2,1-3H3. The molecule has 0 aromatic heterocycles. The van der Waals surface area contributed by atoms with E-state index >= 15 is 0 Å². The third kappa shape index (κ3) is 4.50. The summed E-state index contributed by atoms with van der Waals surface area (Å²) in [4.78, 5) is 2.41. The van der Waals surface area contributed by atoms with Gasteiger partial charge >= 0.3 is 0 Å². The molecule has 1 aromatic rings. The van der Waals surface area contributed by atoms with Crippen LogP contribution in [0.3, 0.4) is 0 Å². The first kappa shape index (κ1) is 15.3. The van der Waals surface area contributed by atoms with E-state index in [4.69, 9.17) is 4.74 Å². The van der Waals surface area contributed by atoms with Gasteiger partial charge in [0.25, 0.3) is 0 Å². The lowest BCUT2D eigenvalue weighted by Gasteiger charge is -2.26. The summed E-state index contributed by atoms with van der Waals surface area (Å²) in [5, 5.41) is 3.70. The van der Waals surface area contributed by atoms with Crippen LogP contribution in [0.15, 0.2) is 24.3 Å². The summed E-state index contributed by atoms with van der Waals surface area (Å²) in [6.07, 6.45) is 5.51. The average Bonchev–Trinajstić information content (AvgIpc) is 2.98. The van der Waals surface area contributed by atoms with Crippen molar-refractivity contribution in [2.45, 2.75) is 51.2 Å². The molecule has 1 saturated carbocycles. The van der Waals surface area contributed by atoms with Gasteiger partial charge in [-0.3, -0.25) is 4.90 Å². The molecule has 1 N–H and O–H groups in total. The van der Waals surface area contributed by atoms with Gasteiger partial charge in [-0.15, -0.1) is 0 Å². The van der Waals surface area contributed by atoms with Crippen LogP contribution in [0.25, 0.3) is 0 Å². The summed E-state index contributed by atoms with van der Waals surface area (Å²) in [6, 6.07) is 9.67. The maximum Gasteiger partial charge on any atom is 0.118 e. The normalized spacial score (nSPS) is 17.6. The Balaban J connectivity index is 1.75. The minimum atomic E-state index is 0.553.